The van der Waals surface area contributed by atoms with Crippen LogP contribution in [0, 0.1) is 45.6 Å². The van der Waals surface area contributed by atoms with Gasteiger partial charge in [0.1, 0.15) is 6.61 Å². The molecule has 5 saturated heterocycles. The van der Waals surface area contributed by atoms with Crippen LogP contribution in [0.4, 0.5) is 10.5 Å². The molecule has 0 aromatic heterocycles. The summed E-state index contributed by atoms with van der Waals surface area (Å²) < 4.78 is 45.0. The van der Waals surface area contributed by atoms with Crippen LogP contribution in [0.1, 0.15) is 106 Å². The van der Waals surface area contributed by atoms with Gasteiger partial charge in [0.2, 0.25) is 5.79 Å². The van der Waals surface area contributed by atoms with Crippen molar-refractivity contribution in [1.29, 1.82) is 0 Å². The number of aliphatic hydroxyl groups is 2. The van der Waals surface area contributed by atoms with Gasteiger partial charge >= 0.3 is 35.7 Å². The molecule has 0 saturated carbocycles. The SMILES string of the molecule is CO[C@@H](C(C)C(=O)[O-])[C@H](C)[C@H]1O[C@@]2(CC[C@@](C)([C@H]3CC[C@@](C)([C@@H]4O[C@@H]([C@H]5O[C@@](O)(COC(=O)NCc6ccc([N+](=O)[O-])cc6)[C@H](C)C[C@@H]5C)C[C@@H]4C)O3)O2)C[C@H](O)[C@H]1C.[Na+]. The maximum absolute atomic E-state index is 12.6. The van der Waals surface area contributed by atoms with Gasteiger partial charge in [-0.2, -0.15) is 0 Å². The number of nitro benzene ring substituents is 1. The zero-order valence-corrected chi connectivity index (χ0v) is 38.9. The van der Waals surface area contributed by atoms with Crippen LogP contribution in [-0.2, 0) is 44.5 Å². The van der Waals surface area contributed by atoms with Crippen LogP contribution < -0.4 is 40.0 Å². The maximum atomic E-state index is 12.6. The second-order valence-corrected chi connectivity index (χ2v) is 18.9. The number of carbonyl (C=O) groups excluding carboxylic acids is 2. The number of nitrogens with zero attached hydrogens (tertiary/aromatic N) is 1. The number of nitrogens with one attached hydrogen (secondary N) is 1. The number of aliphatic hydroxyl groups excluding tert-OH is 1. The second kappa shape index (κ2) is 19.0. The van der Waals surface area contributed by atoms with E-state index < -0.39 is 70.1 Å². The summed E-state index contributed by atoms with van der Waals surface area (Å²) in [6.07, 6.45) is 0.219. The summed E-state index contributed by atoms with van der Waals surface area (Å²) in [6.45, 7) is 15.3. The van der Waals surface area contributed by atoms with E-state index in [1.165, 1.54) is 19.2 Å². The van der Waals surface area contributed by atoms with Crippen LogP contribution in [0.5, 0.6) is 0 Å². The van der Waals surface area contributed by atoms with Gasteiger partial charge in [0, 0.05) is 68.3 Å². The average molecular weight is 857 g/mol. The van der Waals surface area contributed by atoms with Gasteiger partial charge < -0.3 is 58.6 Å². The molecule has 6 rings (SSSR count). The van der Waals surface area contributed by atoms with E-state index in [9.17, 15) is 35.0 Å². The molecule has 0 radical (unpaired) electrons. The first-order valence-corrected chi connectivity index (χ1v) is 21.3. The van der Waals surface area contributed by atoms with Gasteiger partial charge in [-0.25, -0.2) is 4.79 Å². The summed E-state index contributed by atoms with van der Waals surface area (Å²) in [6, 6.07) is 5.82. The number of carbonyl (C=O) groups is 2. The van der Waals surface area contributed by atoms with Crippen LogP contribution in [0.15, 0.2) is 24.3 Å². The zero-order valence-electron chi connectivity index (χ0n) is 36.9. The minimum atomic E-state index is -1.74. The monoisotopic (exact) mass is 856 g/mol. The van der Waals surface area contributed by atoms with Crippen molar-refractivity contribution in [3.8, 4) is 0 Å². The summed E-state index contributed by atoms with van der Waals surface area (Å²) in [5, 5.41) is 48.3. The number of benzene rings is 1. The number of carboxylic acids is 1. The molecule has 332 valence electrons. The number of hydrogen-bond donors (Lipinski definition) is 3. The fraction of sp³-hybridized carbons (Fsp3) is 0.814. The molecule has 1 spiro atoms. The van der Waals surface area contributed by atoms with E-state index in [0.717, 1.165) is 12.8 Å². The van der Waals surface area contributed by atoms with E-state index in [4.69, 9.17) is 33.2 Å². The Morgan fingerprint density at radius 2 is 1.68 bits per heavy atom. The van der Waals surface area contributed by atoms with Gasteiger partial charge in [0.15, 0.2) is 5.79 Å². The Balaban J connectivity index is 0.00000683. The molecular formula is C43H65N2NaO14. The molecule has 60 heavy (non-hydrogen) atoms. The van der Waals surface area contributed by atoms with Crippen LogP contribution in [0.3, 0.4) is 0 Å². The third kappa shape index (κ3) is 10.0. The predicted molar refractivity (Wildman–Crippen MR) is 209 cm³/mol. The van der Waals surface area contributed by atoms with Crippen LogP contribution in [0.2, 0.25) is 0 Å². The number of amides is 1. The Labute approximate surface area is 375 Å². The molecule has 5 heterocycles. The summed E-state index contributed by atoms with van der Waals surface area (Å²) in [5.41, 5.74) is -0.750. The van der Waals surface area contributed by atoms with Gasteiger partial charge in [-0.05, 0) is 63.4 Å². The van der Waals surface area contributed by atoms with Crippen molar-refractivity contribution in [2.75, 3.05) is 13.7 Å². The Morgan fingerprint density at radius 3 is 2.32 bits per heavy atom. The quantitative estimate of drug-likeness (QED) is 0.145. The Bertz CT molecular complexity index is 1670. The molecule has 5 aliphatic heterocycles. The zero-order chi connectivity index (χ0) is 43.2. The molecule has 1 unspecified atom stereocenters. The number of aliphatic carboxylic acids is 1. The van der Waals surface area contributed by atoms with Crippen molar-refractivity contribution in [1.82, 2.24) is 5.32 Å². The Hall–Kier alpha value is -1.96. The van der Waals surface area contributed by atoms with Crippen molar-refractivity contribution in [2.24, 2.45) is 35.5 Å². The van der Waals surface area contributed by atoms with Gasteiger partial charge in [-0.15, -0.1) is 0 Å². The number of rotatable bonds is 13. The van der Waals surface area contributed by atoms with Crippen molar-refractivity contribution < 1.29 is 92.5 Å². The van der Waals surface area contributed by atoms with Crippen molar-refractivity contribution in [3.63, 3.8) is 0 Å². The molecule has 16 nitrogen and oxygen atoms in total. The topological polar surface area (TPSA) is 217 Å². The van der Waals surface area contributed by atoms with E-state index in [2.05, 4.69) is 26.1 Å². The molecule has 1 amide bonds. The number of carboxylic acid groups (broad SMARTS) is 1. The van der Waals surface area contributed by atoms with Gasteiger partial charge in [-0.1, -0.05) is 53.7 Å². The molecule has 5 fully saturated rings. The fourth-order valence-corrected chi connectivity index (χ4v) is 10.7. The van der Waals surface area contributed by atoms with Gasteiger partial charge in [0.05, 0.1) is 58.9 Å². The van der Waals surface area contributed by atoms with Crippen LogP contribution in [-0.4, -0.2) is 106 Å². The first-order chi connectivity index (χ1) is 27.6. The summed E-state index contributed by atoms with van der Waals surface area (Å²) in [7, 11) is 1.48. The number of methoxy groups -OCH3 is 1. The molecule has 3 N–H and O–H groups in total. The number of alkyl carbamates (subject to hydrolysis) is 1. The Morgan fingerprint density at radius 1 is 1.00 bits per heavy atom. The largest absolute Gasteiger partial charge is 1.00 e. The number of non-ortho nitro benzene ring substituents is 1. The molecule has 17 heteroatoms. The average Bonchev–Trinajstić information content (AvgIpc) is 3.89. The summed E-state index contributed by atoms with van der Waals surface area (Å²) in [4.78, 5) is 34.9. The van der Waals surface area contributed by atoms with Gasteiger partial charge in [-0.3, -0.25) is 10.1 Å². The van der Waals surface area contributed by atoms with Gasteiger partial charge in [0.25, 0.3) is 5.69 Å². The predicted octanol–water partition coefficient (Wildman–Crippen LogP) is 1.39. The molecule has 5 aliphatic rings. The number of nitro groups is 1. The molecule has 0 bridgehead atoms. The Kier molecular flexibility index (Phi) is 15.6. The third-order valence-corrected chi connectivity index (χ3v) is 14.4. The third-order valence-electron chi connectivity index (χ3n) is 14.4. The van der Waals surface area contributed by atoms with Crippen molar-refractivity contribution in [3.05, 3.63) is 39.9 Å². The molecule has 0 aliphatic carbocycles. The minimum absolute atomic E-state index is 0. The van der Waals surface area contributed by atoms with Crippen LogP contribution >= 0.6 is 0 Å². The fourth-order valence-electron chi connectivity index (χ4n) is 10.7. The van der Waals surface area contributed by atoms with Crippen LogP contribution in [0.25, 0.3) is 0 Å². The molecular weight excluding hydrogens is 791 g/mol. The molecule has 17 atom stereocenters. The smallest absolute Gasteiger partial charge is 0.550 e. The van der Waals surface area contributed by atoms with E-state index in [1.54, 1.807) is 19.1 Å². The van der Waals surface area contributed by atoms with E-state index in [0.29, 0.717) is 31.2 Å². The van der Waals surface area contributed by atoms with E-state index >= 15 is 0 Å². The second-order valence-electron chi connectivity index (χ2n) is 18.9. The van der Waals surface area contributed by atoms with E-state index in [-0.39, 0.29) is 103 Å². The minimum Gasteiger partial charge on any atom is -0.550 e. The first kappa shape index (κ1) is 49.1. The number of hydrogen-bond acceptors (Lipinski definition) is 14. The maximum Gasteiger partial charge on any atom is 1.00 e. The normalized spacial score (nSPS) is 41.9. The molecule has 1 aromatic carbocycles. The molecule has 1 aromatic rings. The summed E-state index contributed by atoms with van der Waals surface area (Å²) >= 11 is 0. The van der Waals surface area contributed by atoms with Crippen molar-refractivity contribution in [2.45, 2.75) is 172 Å². The summed E-state index contributed by atoms with van der Waals surface area (Å²) in [5.74, 6) is -5.70. The van der Waals surface area contributed by atoms with E-state index in [1.807, 2.05) is 27.7 Å². The standard InChI is InChI=1S/C43H66N2O14.Na/c1-23-18-25(3)43(50,22-54-39(49)44-21-29-10-12-30(13-11-29)45(51)52)58-34(23)32-19-24(2)37(55-32)41(8)15-14-33(56-41)40(7)16-17-42(59-40)20-31(46)26(4)36(57-42)27(5)35(53-9)28(6)38(47)48;/h10-13,23-28,31-37,46,50H,14-22H2,1-9H3,(H,44,49)(H,47,48);/q;+1/p-1/t23-,24-,25+,26+,27-,28?,31-,32+,33+,34-,35+,36-,37+,40-,41-,42+,43-;/m0./s1. The first-order valence-electron chi connectivity index (χ1n) is 21.3. The number of ether oxygens (including phenoxy) is 7. The van der Waals surface area contributed by atoms with Crippen molar-refractivity contribution >= 4 is 17.7 Å².